The lowest BCUT2D eigenvalue weighted by Crippen LogP contribution is -1.94. The summed E-state index contributed by atoms with van der Waals surface area (Å²) in [4.78, 5) is 4.07. The molecule has 1 aromatic heterocycles. The lowest BCUT2D eigenvalue weighted by Gasteiger charge is -2.08. The molecule has 0 saturated carbocycles. The van der Waals surface area contributed by atoms with Gasteiger partial charge in [0.15, 0.2) is 0 Å². The van der Waals surface area contributed by atoms with E-state index in [1.807, 2.05) is 0 Å². The Labute approximate surface area is 105 Å². The number of aliphatic hydroxyl groups is 1. The van der Waals surface area contributed by atoms with E-state index < -0.39 is 6.10 Å². The summed E-state index contributed by atoms with van der Waals surface area (Å²) >= 11 is 5.78. The van der Waals surface area contributed by atoms with Gasteiger partial charge in [-0.05, 0) is 42.8 Å². The highest BCUT2D eigenvalue weighted by atomic mass is 35.5. The number of hydrogen-bond acceptors (Lipinski definition) is 3. The smallest absolute Gasteiger partial charge is 0.219 e. The zero-order valence-corrected chi connectivity index (χ0v) is 10.1. The van der Waals surface area contributed by atoms with Crippen LogP contribution in [-0.2, 0) is 0 Å². The molecule has 88 valence electrons. The third kappa shape index (κ3) is 3.19. The second kappa shape index (κ2) is 5.17. The standard InChI is InChI=1S/C13H12ClNO2/c1-9(16)10-6-7-15-13(8-10)17-12-4-2-11(14)3-5-12/h2-9,16H,1H3/t9-/m1/s1. The van der Waals surface area contributed by atoms with Crippen LogP contribution >= 0.6 is 11.6 Å². The zero-order chi connectivity index (χ0) is 12.3. The Kier molecular flexibility index (Phi) is 3.61. The molecule has 0 amide bonds. The number of aliphatic hydroxyl groups excluding tert-OH is 1. The molecule has 1 heterocycles. The molecule has 0 saturated heterocycles. The second-order valence-electron chi connectivity index (χ2n) is 3.66. The number of hydrogen-bond donors (Lipinski definition) is 1. The first-order valence-corrected chi connectivity index (χ1v) is 5.60. The SMILES string of the molecule is C[C@@H](O)c1ccnc(Oc2ccc(Cl)cc2)c1. The van der Waals surface area contributed by atoms with Crippen LogP contribution in [0.15, 0.2) is 42.6 Å². The third-order valence-electron chi connectivity index (χ3n) is 2.28. The lowest BCUT2D eigenvalue weighted by atomic mass is 10.2. The number of aromatic nitrogens is 1. The van der Waals surface area contributed by atoms with Gasteiger partial charge in [-0.25, -0.2) is 4.98 Å². The van der Waals surface area contributed by atoms with Crippen LogP contribution in [0.25, 0.3) is 0 Å². The molecule has 1 aromatic carbocycles. The molecule has 2 aromatic rings. The van der Waals surface area contributed by atoms with Crippen molar-refractivity contribution in [3.8, 4) is 11.6 Å². The molecule has 0 aliphatic heterocycles. The van der Waals surface area contributed by atoms with Gasteiger partial charge < -0.3 is 9.84 Å². The fourth-order valence-corrected chi connectivity index (χ4v) is 1.49. The van der Waals surface area contributed by atoms with Gasteiger partial charge in [-0.1, -0.05) is 11.6 Å². The monoisotopic (exact) mass is 249 g/mol. The third-order valence-corrected chi connectivity index (χ3v) is 2.53. The van der Waals surface area contributed by atoms with Gasteiger partial charge in [0.2, 0.25) is 5.88 Å². The maximum absolute atomic E-state index is 9.45. The highest BCUT2D eigenvalue weighted by Crippen LogP contribution is 2.23. The average molecular weight is 250 g/mol. The summed E-state index contributed by atoms with van der Waals surface area (Å²) < 4.78 is 5.54. The average Bonchev–Trinajstić information content (AvgIpc) is 2.32. The van der Waals surface area contributed by atoms with Gasteiger partial charge in [-0.15, -0.1) is 0 Å². The highest BCUT2D eigenvalue weighted by molar-refractivity contribution is 6.30. The molecule has 2 rings (SSSR count). The summed E-state index contributed by atoms with van der Waals surface area (Å²) in [6.07, 6.45) is 1.07. The Morgan fingerprint density at radius 3 is 2.59 bits per heavy atom. The van der Waals surface area contributed by atoms with Crippen LogP contribution in [0.3, 0.4) is 0 Å². The minimum Gasteiger partial charge on any atom is -0.439 e. The van der Waals surface area contributed by atoms with Gasteiger partial charge >= 0.3 is 0 Å². The number of nitrogens with zero attached hydrogens (tertiary/aromatic N) is 1. The van der Waals surface area contributed by atoms with Crippen LogP contribution < -0.4 is 4.74 Å². The van der Waals surface area contributed by atoms with Gasteiger partial charge in [0.1, 0.15) is 5.75 Å². The topological polar surface area (TPSA) is 42.4 Å². The Hall–Kier alpha value is -1.58. The molecular weight excluding hydrogens is 238 g/mol. The summed E-state index contributed by atoms with van der Waals surface area (Å²) in [6.45, 7) is 1.70. The van der Waals surface area contributed by atoms with E-state index in [2.05, 4.69) is 4.98 Å². The normalized spacial score (nSPS) is 12.2. The summed E-state index contributed by atoms with van der Waals surface area (Å²) in [5, 5.41) is 10.1. The Bertz CT molecular complexity index is 497. The number of pyridine rings is 1. The molecule has 0 spiro atoms. The van der Waals surface area contributed by atoms with Gasteiger partial charge in [-0.3, -0.25) is 0 Å². The van der Waals surface area contributed by atoms with Crippen LogP contribution in [0.2, 0.25) is 5.02 Å². The van der Waals surface area contributed by atoms with Crippen molar-refractivity contribution in [2.75, 3.05) is 0 Å². The molecular formula is C13H12ClNO2. The maximum Gasteiger partial charge on any atom is 0.219 e. The predicted octanol–water partition coefficient (Wildman–Crippen LogP) is 3.58. The predicted molar refractivity (Wildman–Crippen MR) is 66.4 cm³/mol. The van der Waals surface area contributed by atoms with Crippen molar-refractivity contribution < 1.29 is 9.84 Å². The molecule has 0 radical (unpaired) electrons. The van der Waals surface area contributed by atoms with Gasteiger partial charge in [0.25, 0.3) is 0 Å². The molecule has 3 nitrogen and oxygen atoms in total. The fourth-order valence-electron chi connectivity index (χ4n) is 1.36. The van der Waals surface area contributed by atoms with Crippen LogP contribution in [0.1, 0.15) is 18.6 Å². The summed E-state index contributed by atoms with van der Waals surface area (Å²) in [5.74, 6) is 1.11. The van der Waals surface area contributed by atoms with Crippen molar-refractivity contribution in [3.05, 3.63) is 53.2 Å². The Morgan fingerprint density at radius 1 is 1.24 bits per heavy atom. The minimum atomic E-state index is -0.537. The summed E-state index contributed by atoms with van der Waals surface area (Å²) in [6, 6.07) is 10.5. The molecule has 1 N–H and O–H groups in total. The first-order valence-electron chi connectivity index (χ1n) is 5.22. The molecule has 0 aliphatic rings. The zero-order valence-electron chi connectivity index (χ0n) is 9.30. The molecule has 0 aliphatic carbocycles. The van der Waals surface area contributed by atoms with Crippen LogP contribution in [0.4, 0.5) is 0 Å². The van der Waals surface area contributed by atoms with Crippen molar-refractivity contribution in [3.63, 3.8) is 0 Å². The Balaban J connectivity index is 2.18. The van der Waals surface area contributed by atoms with Gasteiger partial charge in [0, 0.05) is 17.3 Å². The summed E-state index contributed by atoms with van der Waals surface area (Å²) in [5.41, 5.74) is 0.768. The molecule has 0 bridgehead atoms. The van der Waals surface area contributed by atoms with Crippen LogP contribution in [-0.4, -0.2) is 10.1 Å². The van der Waals surface area contributed by atoms with Crippen molar-refractivity contribution >= 4 is 11.6 Å². The lowest BCUT2D eigenvalue weighted by molar-refractivity contribution is 0.198. The summed E-state index contributed by atoms with van der Waals surface area (Å²) in [7, 11) is 0. The first-order chi connectivity index (χ1) is 8.15. The van der Waals surface area contributed by atoms with Crippen molar-refractivity contribution in [1.29, 1.82) is 0 Å². The number of ether oxygens (including phenoxy) is 1. The first kappa shape index (κ1) is 11.9. The van der Waals surface area contributed by atoms with Crippen molar-refractivity contribution in [1.82, 2.24) is 4.98 Å². The van der Waals surface area contributed by atoms with E-state index in [9.17, 15) is 5.11 Å². The van der Waals surface area contributed by atoms with E-state index >= 15 is 0 Å². The van der Waals surface area contributed by atoms with E-state index in [0.29, 0.717) is 16.7 Å². The molecule has 0 fully saturated rings. The molecule has 4 heteroatoms. The molecule has 17 heavy (non-hydrogen) atoms. The van der Waals surface area contributed by atoms with E-state index in [1.165, 1.54) is 0 Å². The largest absolute Gasteiger partial charge is 0.439 e. The molecule has 0 unspecified atom stereocenters. The maximum atomic E-state index is 9.45. The van der Waals surface area contributed by atoms with E-state index in [4.69, 9.17) is 16.3 Å². The Morgan fingerprint density at radius 2 is 1.94 bits per heavy atom. The van der Waals surface area contributed by atoms with E-state index in [-0.39, 0.29) is 0 Å². The number of rotatable bonds is 3. The highest BCUT2D eigenvalue weighted by Gasteiger charge is 2.04. The van der Waals surface area contributed by atoms with Gasteiger partial charge in [0.05, 0.1) is 6.10 Å². The van der Waals surface area contributed by atoms with Gasteiger partial charge in [-0.2, -0.15) is 0 Å². The van der Waals surface area contributed by atoms with Crippen LogP contribution in [0, 0.1) is 0 Å². The van der Waals surface area contributed by atoms with E-state index in [1.54, 1.807) is 49.5 Å². The van der Waals surface area contributed by atoms with E-state index in [0.717, 1.165) is 5.56 Å². The minimum absolute atomic E-state index is 0.450. The van der Waals surface area contributed by atoms with Crippen molar-refractivity contribution in [2.45, 2.75) is 13.0 Å². The quantitative estimate of drug-likeness (QED) is 0.904. The number of halogens is 1. The number of benzene rings is 1. The van der Waals surface area contributed by atoms with Crippen molar-refractivity contribution in [2.24, 2.45) is 0 Å². The fraction of sp³-hybridized carbons (Fsp3) is 0.154. The van der Waals surface area contributed by atoms with Crippen LogP contribution in [0.5, 0.6) is 11.6 Å². The second-order valence-corrected chi connectivity index (χ2v) is 4.10. The molecule has 1 atom stereocenters.